The molecule has 0 aromatic carbocycles. The molecule has 0 radical (unpaired) electrons. The average Bonchev–Trinajstić information content (AvgIpc) is 2.20. The molecule has 0 saturated carbocycles. The summed E-state index contributed by atoms with van der Waals surface area (Å²) < 4.78 is 0. The van der Waals surface area contributed by atoms with Crippen molar-refractivity contribution in [3.8, 4) is 0 Å². The molecule has 1 nitrogen and oxygen atoms in total. The second-order valence-electron chi connectivity index (χ2n) is 7.02. The molecule has 18 heavy (non-hydrogen) atoms. The van der Waals surface area contributed by atoms with Crippen LogP contribution >= 0.6 is 0 Å². The van der Waals surface area contributed by atoms with E-state index in [4.69, 9.17) is 5.73 Å². The Bertz CT molecular complexity index is 210. The van der Waals surface area contributed by atoms with Gasteiger partial charge in [-0.3, -0.25) is 0 Å². The van der Waals surface area contributed by atoms with E-state index in [-0.39, 0.29) is 5.54 Å². The SMILES string of the molecule is CC(C)C/C=C/CCC[C@@H](C)CCCC(C)(C)N. The fourth-order valence-corrected chi connectivity index (χ4v) is 2.12. The van der Waals surface area contributed by atoms with E-state index in [0.29, 0.717) is 0 Å². The van der Waals surface area contributed by atoms with E-state index in [1.54, 1.807) is 0 Å². The van der Waals surface area contributed by atoms with Crippen LogP contribution in [0, 0.1) is 11.8 Å². The summed E-state index contributed by atoms with van der Waals surface area (Å²) in [6.45, 7) is 11.2. The Morgan fingerprint density at radius 2 is 1.61 bits per heavy atom. The van der Waals surface area contributed by atoms with Crippen LogP contribution in [0.15, 0.2) is 12.2 Å². The monoisotopic (exact) mass is 253 g/mol. The summed E-state index contributed by atoms with van der Waals surface area (Å²) in [5.41, 5.74) is 6.01. The van der Waals surface area contributed by atoms with Gasteiger partial charge in [-0.05, 0) is 51.4 Å². The number of nitrogens with two attached hydrogens (primary N) is 1. The third-order valence-corrected chi connectivity index (χ3v) is 3.36. The number of hydrogen-bond donors (Lipinski definition) is 1. The third-order valence-electron chi connectivity index (χ3n) is 3.36. The van der Waals surface area contributed by atoms with Crippen LogP contribution < -0.4 is 5.73 Å². The Balaban J connectivity index is 3.42. The first-order valence-corrected chi connectivity index (χ1v) is 7.75. The van der Waals surface area contributed by atoms with Gasteiger partial charge in [-0.2, -0.15) is 0 Å². The predicted molar refractivity (Wildman–Crippen MR) is 83.7 cm³/mol. The highest BCUT2D eigenvalue weighted by atomic mass is 14.7. The molecule has 0 amide bonds. The lowest BCUT2D eigenvalue weighted by molar-refractivity contribution is 0.397. The van der Waals surface area contributed by atoms with Crippen molar-refractivity contribution in [2.24, 2.45) is 17.6 Å². The minimum atomic E-state index is 0.0132. The molecular weight excluding hydrogens is 218 g/mol. The van der Waals surface area contributed by atoms with E-state index in [9.17, 15) is 0 Å². The molecule has 0 bridgehead atoms. The van der Waals surface area contributed by atoms with Gasteiger partial charge in [0.1, 0.15) is 0 Å². The zero-order chi connectivity index (χ0) is 14.0. The molecule has 0 aliphatic carbocycles. The summed E-state index contributed by atoms with van der Waals surface area (Å²) in [6, 6.07) is 0. The number of hydrogen-bond acceptors (Lipinski definition) is 1. The molecule has 1 heteroatoms. The van der Waals surface area contributed by atoms with Crippen molar-refractivity contribution in [3.05, 3.63) is 12.2 Å². The van der Waals surface area contributed by atoms with Gasteiger partial charge in [0.05, 0.1) is 0 Å². The van der Waals surface area contributed by atoms with Crippen molar-refractivity contribution >= 4 is 0 Å². The van der Waals surface area contributed by atoms with Crippen LogP contribution in [0.25, 0.3) is 0 Å². The van der Waals surface area contributed by atoms with Gasteiger partial charge in [0.25, 0.3) is 0 Å². The number of rotatable bonds is 10. The molecule has 2 N–H and O–H groups in total. The fraction of sp³-hybridized carbons (Fsp3) is 0.882. The normalized spacial score (nSPS) is 14.6. The molecule has 1 atom stereocenters. The first kappa shape index (κ1) is 17.7. The largest absolute Gasteiger partial charge is 0.326 e. The molecule has 0 aromatic heterocycles. The Labute approximate surface area is 115 Å². The summed E-state index contributed by atoms with van der Waals surface area (Å²) in [7, 11) is 0. The zero-order valence-electron chi connectivity index (χ0n) is 13.3. The fourth-order valence-electron chi connectivity index (χ4n) is 2.12. The van der Waals surface area contributed by atoms with E-state index in [1.807, 2.05) is 0 Å². The topological polar surface area (TPSA) is 26.0 Å². The second kappa shape index (κ2) is 9.61. The van der Waals surface area contributed by atoms with Crippen LogP contribution in [0.1, 0.15) is 79.6 Å². The van der Waals surface area contributed by atoms with Gasteiger partial charge >= 0.3 is 0 Å². The van der Waals surface area contributed by atoms with Crippen LogP contribution in [0.4, 0.5) is 0 Å². The van der Waals surface area contributed by atoms with Gasteiger partial charge in [-0.25, -0.2) is 0 Å². The molecule has 0 fully saturated rings. The van der Waals surface area contributed by atoms with Crippen molar-refractivity contribution in [1.82, 2.24) is 0 Å². The van der Waals surface area contributed by atoms with E-state index >= 15 is 0 Å². The molecule has 0 aliphatic heterocycles. The summed E-state index contributed by atoms with van der Waals surface area (Å²) in [6.07, 6.45) is 13.6. The Kier molecular flexibility index (Phi) is 9.45. The first-order valence-electron chi connectivity index (χ1n) is 7.75. The van der Waals surface area contributed by atoms with Crippen molar-refractivity contribution in [1.29, 1.82) is 0 Å². The van der Waals surface area contributed by atoms with Crippen LogP contribution in [-0.4, -0.2) is 5.54 Å². The van der Waals surface area contributed by atoms with Crippen LogP contribution in [0.3, 0.4) is 0 Å². The van der Waals surface area contributed by atoms with Crippen LogP contribution in [0.5, 0.6) is 0 Å². The highest BCUT2D eigenvalue weighted by Crippen LogP contribution is 2.18. The Morgan fingerprint density at radius 3 is 2.17 bits per heavy atom. The number of allylic oxidation sites excluding steroid dienone is 2. The summed E-state index contributed by atoms with van der Waals surface area (Å²) in [5, 5.41) is 0. The molecular formula is C17H35N. The van der Waals surface area contributed by atoms with Crippen molar-refractivity contribution in [2.75, 3.05) is 0 Å². The Morgan fingerprint density at radius 1 is 1.00 bits per heavy atom. The first-order chi connectivity index (χ1) is 8.31. The van der Waals surface area contributed by atoms with Gasteiger partial charge in [-0.1, -0.05) is 52.2 Å². The standard InChI is InChI=1S/C17H35N/c1-15(2)11-8-6-7-9-12-16(3)13-10-14-17(4,5)18/h6,8,15-16H,7,9-14,18H2,1-5H3/b8-6+/t16-/m1/s1. The second-order valence-corrected chi connectivity index (χ2v) is 7.02. The molecule has 0 rings (SSSR count). The zero-order valence-corrected chi connectivity index (χ0v) is 13.3. The number of unbranched alkanes of at least 4 members (excludes halogenated alkanes) is 1. The maximum Gasteiger partial charge on any atom is 0.00970 e. The predicted octanol–water partition coefficient (Wildman–Crippen LogP) is 5.30. The van der Waals surface area contributed by atoms with Crippen molar-refractivity contribution < 1.29 is 0 Å². The summed E-state index contributed by atoms with van der Waals surface area (Å²) in [5.74, 6) is 1.64. The Hall–Kier alpha value is -0.300. The van der Waals surface area contributed by atoms with Gasteiger partial charge in [0.2, 0.25) is 0 Å². The lowest BCUT2D eigenvalue weighted by Crippen LogP contribution is -2.31. The van der Waals surface area contributed by atoms with E-state index < -0.39 is 0 Å². The summed E-state index contributed by atoms with van der Waals surface area (Å²) >= 11 is 0. The molecule has 0 aliphatic rings. The highest BCUT2D eigenvalue weighted by molar-refractivity contribution is 4.82. The van der Waals surface area contributed by atoms with Gasteiger partial charge in [0, 0.05) is 5.54 Å². The van der Waals surface area contributed by atoms with E-state index in [1.165, 1.54) is 38.5 Å². The van der Waals surface area contributed by atoms with Gasteiger partial charge < -0.3 is 5.73 Å². The smallest absolute Gasteiger partial charge is 0.00970 e. The lowest BCUT2D eigenvalue weighted by atomic mass is 9.92. The average molecular weight is 253 g/mol. The minimum absolute atomic E-state index is 0.0132. The minimum Gasteiger partial charge on any atom is -0.326 e. The maximum atomic E-state index is 5.99. The third kappa shape index (κ3) is 13.8. The lowest BCUT2D eigenvalue weighted by Gasteiger charge is -2.19. The van der Waals surface area contributed by atoms with Gasteiger partial charge in [-0.15, -0.1) is 0 Å². The molecule has 108 valence electrons. The molecule has 0 aromatic rings. The maximum absolute atomic E-state index is 5.99. The molecule has 0 unspecified atom stereocenters. The van der Waals surface area contributed by atoms with Crippen molar-refractivity contribution in [3.63, 3.8) is 0 Å². The van der Waals surface area contributed by atoms with E-state index in [0.717, 1.165) is 18.3 Å². The molecule has 0 saturated heterocycles. The summed E-state index contributed by atoms with van der Waals surface area (Å²) in [4.78, 5) is 0. The van der Waals surface area contributed by atoms with Crippen LogP contribution in [0.2, 0.25) is 0 Å². The molecule has 0 spiro atoms. The quantitative estimate of drug-likeness (QED) is 0.415. The van der Waals surface area contributed by atoms with Crippen molar-refractivity contribution in [2.45, 2.75) is 85.1 Å². The highest BCUT2D eigenvalue weighted by Gasteiger charge is 2.10. The van der Waals surface area contributed by atoms with E-state index in [2.05, 4.69) is 46.8 Å². The molecule has 0 heterocycles. The van der Waals surface area contributed by atoms with Gasteiger partial charge in [0.15, 0.2) is 0 Å². The van der Waals surface area contributed by atoms with Crippen LogP contribution in [-0.2, 0) is 0 Å².